The standard InChI is InChI=1S/2C8H10.C7H13NO.2C5H12.2C5H10.C4H11N.C4H10.C2H6.4CH5N.9CH2O.4H3N/c2*1-2-8-6-4-3-5-7-8;1-7(9)8-5-3-2-4-6-8;3*1-4-5(2)3;1-3-5-4-2;1-2-3-4-5;1-4(2)3;14*1-2;;;;/h2*3-7H,2H2,1H3;2-6H2,1H3;2*5H,4H2,1-3H3;2,4H2,1,3H3;3,5H,4H2,1-2H3;2-5H2,1H3;4H,1-3H3;1-2H3;4*2H2,1H3;9*1H2;4*1H3/b;;;;;;5-3-;;;;;;;;;;;;;;;;;;;;. The predicted molar refractivity (Wildman–Crippen MR) is 389 cm³/mol. The van der Waals surface area contributed by atoms with Crippen molar-refractivity contribution in [2.75, 3.05) is 47.8 Å². The maximum Gasteiger partial charge on any atom is 0.219 e. The van der Waals surface area contributed by atoms with Crippen LogP contribution in [-0.4, -0.2) is 120 Å². The molecule has 1 aliphatic heterocycles. The number of carbonyl (C=O) groups is 10. The van der Waals surface area contributed by atoms with E-state index < -0.39 is 0 Å². The average molecular weight is 1250 g/mol. The molecule has 2 aromatic carbocycles. The summed E-state index contributed by atoms with van der Waals surface area (Å²) < 4.78 is 0. The lowest BCUT2D eigenvalue weighted by molar-refractivity contribution is -0.129. The third kappa shape index (κ3) is 356. The van der Waals surface area contributed by atoms with Crippen molar-refractivity contribution < 1.29 is 47.9 Å². The fraction of sp³-hybridized carbons (Fsp3) is 0.606. The smallest absolute Gasteiger partial charge is 0.219 e. The van der Waals surface area contributed by atoms with Crippen LogP contribution in [0.25, 0.3) is 0 Å². The Labute approximate surface area is 535 Å². The molecule has 0 bridgehead atoms. The van der Waals surface area contributed by atoms with Gasteiger partial charge in [-0.2, -0.15) is 0 Å². The second-order valence-corrected chi connectivity index (χ2v) is 15.0. The van der Waals surface area contributed by atoms with E-state index in [1.54, 1.807) is 6.92 Å². The van der Waals surface area contributed by atoms with E-state index in [1.807, 2.05) is 106 Å². The molecule has 0 saturated carbocycles. The maximum atomic E-state index is 10.7. The summed E-state index contributed by atoms with van der Waals surface area (Å²) in [6, 6.07) is 20.9. The number of hydrogen-bond acceptors (Lipinski definition) is 19. The highest BCUT2D eigenvalue weighted by molar-refractivity contribution is 5.73. The van der Waals surface area contributed by atoms with Gasteiger partial charge < -0.3 is 101 Å². The minimum absolute atomic E-state index is 0. The van der Waals surface area contributed by atoms with E-state index in [4.69, 9.17) is 48.9 Å². The van der Waals surface area contributed by atoms with Crippen LogP contribution in [0.5, 0.6) is 0 Å². The van der Waals surface area contributed by atoms with Crippen LogP contribution in [0.1, 0.15) is 200 Å². The number of allylic oxidation sites excluding steroid dienone is 3. The number of carbonyl (C=O) groups excluding carboxylic acids is 10. The molecule has 0 aromatic heterocycles. The molecule has 1 saturated heterocycles. The quantitative estimate of drug-likeness (QED) is 0.111. The number of nitrogens with two attached hydrogens (primary N) is 5. The third-order valence-corrected chi connectivity index (χ3v) is 7.57. The number of likely N-dealkylation sites (tertiary alicyclic amines) is 1. The first-order valence-corrected chi connectivity index (χ1v) is 27.7. The zero-order valence-corrected chi connectivity index (χ0v) is 60.9. The molecular formula is C66H154N10O10. The Morgan fingerprint density at radius 3 is 0.767 bits per heavy atom. The second kappa shape index (κ2) is 248. The summed E-state index contributed by atoms with van der Waals surface area (Å²) in [4.78, 5) is 84.6. The summed E-state index contributed by atoms with van der Waals surface area (Å²) in [5.74, 6) is 2.83. The van der Waals surface area contributed by atoms with Gasteiger partial charge in [-0.15, -0.1) is 6.58 Å². The molecule has 20 nitrogen and oxygen atoms in total. The van der Waals surface area contributed by atoms with Gasteiger partial charge >= 0.3 is 0 Å². The van der Waals surface area contributed by atoms with E-state index in [9.17, 15) is 4.79 Å². The van der Waals surface area contributed by atoms with Crippen LogP contribution in [0.3, 0.4) is 0 Å². The molecule has 528 valence electrons. The molecule has 0 spiro atoms. The first-order valence-electron chi connectivity index (χ1n) is 27.7. The van der Waals surface area contributed by atoms with Gasteiger partial charge in [0, 0.05) is 20.0 Å². The van der Waals surface area contributed by atoms with Crippen LogP contribution in [0.2, 0.25) is 0 Å². The lowest BCUT2D eigenvalue weighted by Gasteiger charge is -2.24. The minimum Gasteiger partial charge on any atom is -0.344 e. The number of nitrogens with zero attached hydrogens (tertiary/aromatic N) is 1. The minimum atomic E-state index is 0. The number of unbranched alkanes of at least 4 members (excludes halogenated alkanes) is 1. The molecule has 1 heterocycles. The lowest BCUT2D eigenvalue weighted by Crippen LogP contribution is -2.33. The van der Waals surface area contributed by atoms with E-state index in [-0.39, 0.29) is 30.5 Å². The van der Waals surface area contributed by atoms with Crippen LogP contribution < -0.4 is 53.3 Å². The number of aryl methyl sites for hydroxylation is 2. The van der Waals surface area contributed by atoms with Crippen LogP contribution >= 0.6 is 0 Å². The summed E-state index contributed by atoms with van der Waals surface area (Å²) in [6.45, 7) is 64.7. The summed E-state index contributed by atoms with van der Waals surface area (Å²) in [5.41, 5.74) is 27.2. The Kier molecular flexibility index (Phi) is 459. The highest BCUT2D eigenvalue weighted by Gasteiger charge is 2.11. The molecule has 1 fully saturated rings. The normalized spacial score (nSPS) is 7.59. The first kappa shape index (κ1) is 159. The van der Waals surface area contributed by atoms with E-state index in [0.717, 1.165) is 63.1 Å². The van der Waals surface area contributed by atoms with Crippen molar-refractivity contribution in [2.24, 2.45) is 46.4 Å². The molecule has 22 N–H and O–H groups in total. The van der Waals surface area contributed by atoms with Crippen molar-refractivity contribution in [3.8, 4) is 0 Å². The Morgan fingerprint density at radius 1 is 0.488 bits per heavy atom. The van der Waals surface area contributed by atoms with Gasteiger partial charge in [-0.05, 0) is 129 Å². The van der Waals surface area contributed by atoms with Crippen LogP contribution in [0.15, 0.2) is 85.0 Å². The van der Waals surface area contributed by atoms with E-state index in [2.05, 4.69) is 187 Å². The number of benzene rings is 2. The van der Waals surface area contributed by atoms with Crippen LogP contribution in [0.4, 0.5) is 0 Å². The molecule has 0 atom stereocenters. The first-order chi connectivity index (χ1) is 39.5. The van der Waals surface area contributed by atoms with E-state index >= 15 is 0 Å². The van der Waals surface area contributed by atoms with Crippen molar-refractivity contribution >= 4 is 67.0 Å². The maximum absolute atomic E-state index is 10.7. The number of hydrogen-bond donors (Lipinski definition) is 9. The number of piperidine rings is 1. The number of amides is 1. The molecule has 3 rings (SSSR count). The molecule has 20 heteroatoms. The van der Waals surface area contributed by atoms with Crippen molar-refractivity contribution in [1.82, 2.24) is 29.5 Å². The highest BCUT2D eigenvalue weighted by Crippen LogP contribution is 2.07. The van der Waals surface area contributed by atoms with Gasteiger partial charge in [0.1, 0.15) is 61.1 Å². The Balaban J connectivity index is -0.0000000218. The SMILES string of the molecule is C/C=C\CC.C=C(C)CC.C=O.C=O.C=O.C=O.C=O.C=O.C=O.C=O.C=O.CC.CC(=O)N1CCCCC1.CC(C)C.CCC(C)C.CCC(C)C.CCCCN.CCc1ccccc1.CCc1ccccc1.CN.CN.CN.CN.N.N.N.N. The van der Waals surface area contributed by atoms with Crippen molar-refractivity contribution in [2.45, 2.75) is 202 Å². The Bertz CT molecular complexity index is 1090. The van der Waals surface area contributed by atoms with Gasteiger partial charge in [0.2, 0.25) is 5.91 Å². The average Bonchev–Trinajstić information content (AvgIpc) is 3.57. The summed E-state index contributed by atoms with van der Waals surface area (Å²) in [6.07, 6.45) is 17.4. The third-order valence-electron chi connectivity index (χ3n) is 7.57. The second-order valence-electron chi connectivity index (χ2n) is 15.0. The largest absolute Gasteiger partial charge is 0.344 e. The summed E-state index contributed by atoms with van der Waals surface area (Å²) in [5, 5.41) is 0. The van der Waals surface area contributed by atoms with E-state index in [1.165, 1.54) is 89.8 Å². The Morgan fingerprint density at radius 2 is 0.698 bits per heavy atom. The van der Waals surface area contributed by atoms with Crippen molar-refractivity contribution in [3.63, 3.8) is 0 Å². The van der Waals surface area contributed by atoms with Gasteiger partial charge in [-0.3, -0.25) is 4.79 Å². The van der Waals surface area contributed by atoms with Gasteiger partial charge in [-0.25, -0.2) is 0 Å². The topological polar surface area (TPSA) is 444 Å². The lowest BCUT2D eigenvalue weighted by atomic mass is 10.1. The summed E-state index contributed by atoms with van der Waals surface area (Å²) >= 11 is 0. The van der Waals surface area contributed by atoms with Crippen molar-refractivity contribution in [1.29, 1.82) is 0 Å². The van der Waals surface area contributed by atoms with Crippen LogP contribution in [0, 0.1) is 17.8 Å². The van der Waals surface area contributed by atoms with Gasteiger partial charge in [-0.1, -0.05) is 208 Å². The summed E-state index contributed by atoms with van der Waals surface area (Å²) in [7, 11) is 6.00. The molecule has 0 unspecified atom stereocenters. The molecule has 1 amide bonds. The fourth-order valence-electron chi connectivity index (χ4n) is 3.08. The van der Waals surface area contributed by atoms with Crippen LogP contribution in [-0.2, 0) is 60.8 Å². The zero-order chi connectivity index (χ0) is 71.0. The molecular weight excluding hydrogens is 1090 g/mol. The van der Waals surface area contributed by atoms with Crippen molar-refractivity contribution in [3.05, 3.63) is 96.1 Å². The molecule has 86 heavy (non-hydrogen) atoms. The van der Waals surface area contributed by atoms with Gasteiger partial charge in [0.25, 0.3) is 0 Å². The monoisotopic (exact) mass is 1250 g/mol. The van der Waals surface area contributed by atoms with Gasteiger partial charge in [0.15, 0.2) is 0 Å². The fourth-order valence-corrected chi connectivity index (χ4v) is 3.08. The molecule has 0 radical (unpaired) electrons. The zero-order valence-electron chi connectivity index (χ0n) is 60.9. The molecule has 2 aromatic rings. The van der Waals surface area contributed by atoms with E-state index in [0.29, 0.717) is 0 Å². The highest BCUT2D eigenvalue weighted by atomic mass is 16.2. The number of rotatable bonds is 8. The molecule has 0 aliphatic carbocycles. The Hall–Kier alpha value is -5.94. The molecule has 1 aliphatic rings. The predicted octanol–water partition coefficient (Wildman–Crippen LogP) is 14.3. The van der Waals surface area contributed by atoms with Gasteiger partial charge in [0.05, 0.1) is 0 Å².